The minimum atomic E-state index is -1.28. The highest BCUT2D eigenvalue weighted by molar-refractivity contribution is 6.03. The number of nitrogens with zero attached hydrogens (tertiary/aromatic N) is 1. The Morgan fingerprint density at radius 1 is 1.10 bits per heavy atom. The molecule has 21 heavy (non-hydrogen) atoms. The minimum absolute atomic E-state index is 0.109. The summed E-state index contributed by atoms with van der Waals surface area (Å²) in [6.45, 7) is 3.76. The van der Waals surface area contributed by atoms with Crippen LogP contribution in [0.2, 0.25) is 0 Å². The van der Waals surface area contributed by atoms with Gasteiger partial charge in [-0.1, -0.05) is 18.2 Å². The summed E-state index contributed by atoms with van der Waals surface area (Å²) in [5, 5.41) is 9.20. The maximum absolute atomic E-state index is 13.8. The molecule has 0 saturated carbocycles. The number of nitriles is 1. The smallest absolute Gasteiger partial charge is 0.184 e. The van der Waals surface area contributed by atoms with Crippen molar-refractivity contribution < 1.29 is 13.6 Å². The van der Waals surface area contributed by atoms with Crippen molar-refractivity contribution in [1.29, 1.82) is 5.26 Å². The van der Waals surface area contributed by atoms with E-state index in [9.17, 15) is 18.8 Å². The lowest BCUT2D eigenvalue weighted by molar-refractivity contribution is 0.0977. The fraction of sp³-hybridized carbons (Fsp3) is 0.176. The maximum Gasteiger partial charge on any atom is 0.184 e. The molecular weight excluding hydrogens is 272 g/mol. The summed E-state index contributed by atoms with van der Waals surface area (Å²) in [5.74, 6) is -3.41. The van der Waals surface area contributed by atoms with Crippen LogP contribution in [0.1, 0.15) is 33.0 Å². The van der Waals surface area contributed by atoms with E-state index in [2.05, 4.69) is 0 Å². The lowest BCUT2D eigenvalue weighted by Crippen LogP contribution is -2.13. The van der Waals surface area contributed by atoms with E-state index >= 15 is 0 Å². The van der Waals surface area contributed by atoms with E-state index in [1.807, 2.05) is 13.8 Å². The molecule has 0 aliphatic carbocycles. The summed E-state index contributed by atoms with van der Waals surface area (Å²) in [7, 11) is 0. The normalized spacial score (nSPS) is 11.8. The Labute approximate surface area is 121 Å². The van der Waals surface area contributed by atoms with Crippen molar-refractivity contribution in [2.24, 2.45) is 0 Å². The summed E-state index contributed by atoms with van der Waals surface area (Å²) in [5.41, 5.74) is 2.17. The first-order valence-corrected chi connectivity index (χ1v) is 6.40. The minimum Gasteiger partial charge on any atom is -0.292 e. The van der Waals surface area contributed by atoms with E-state index in [-0.39, 0.29) is 5.56 Å². The Kier molecular flexibility index (Phi) is 4.13. The van der Waals surface area contributed by atoms with E-state index in [0.717, 1.165) is 23.3 Å². The summed E-state index contributed by atoms with van der Waals surface area (Å²) in [4.78, 5) is 12.4. The molecule has 0 aliphatic rings. The van der Waals surface area contributed by atoms with Crippen LogP contribution in [-0.4, -0.2) is 5.78 Å². The SMILES string of the molecule is Cc1ccc(C(=O)C(C#N)c2ccc(F)cc2F)cc1C. The zero-order valence-electron chi connectivity index (χ0n) is 11.7. The van der Waals surface area contributed by atoms with Crippen LogP contribution in [0.15, 0.2) is 36.4 Å². The highest BCUT2D eigenvalue weighted by Gasteiger charge is 2.25. The van der Waals surface area contributed by atoms with Crippen LogP contribution in [0.4, 0.5) is 8.78 Å². The van der Waals surface area contributed by atoms with E-state index in [0.29, 0.717) is 11.6 Å². The van der Waals surface area contributed by atoms with Gasteiger partial charge in [0.25, 0.3) is 0 Å². The molecule has 0 radical (unpaired) electrons. The second-order valence-corrected chi connectivity index (χ2v) is 4.89. The van der Waals surface area contributed by atoms with E-state index in [1.165, 1.54) is 0 Å². The summed E-state index contributed by atoms with van der Waals surface area (Å²) in [6.07, 6.45) is 0. The van der Waals surface area contributed by atoms with Crippen molar-refractivity contribution in [3.63, 3.8) is 0 Å². The quantitative estimate of drug-likeness (QED) is 0.797. The number of benzene rings is 2. The van der Waals surface area contributed by atoms with Crippen molar-refractivity contribution in [3.05, 3.63) is 70.3 Å². The summed E-state index contributed by atoms with van der Waals surface area (Å²) < 4.78 is 26.7. The molecule has 2 aromatic rings. The number of rotatable bonds is 3. The van der Waals surface area contributed by atoms with Crippen LogP contribution >= 0.6 is 0 Å². The average Bonchev–Trinajstić information content (AvgIpc) is 2.44. The van der Waals surface area contributed by atoms with Crippen molar-refractivity contribution >= 4 is 5.78 Å². The van der Waals surface area contributed by atoms with Gasteiger partial charge in [0, 0.05) is 17.2 Å². The first kappa shape index (κ1) is 14.9. The van der Waals surface area contributed by atoms with Crippen molar-refractivity contribution in [2.45, 2.75) is 19.8 Å². The molecule has 0 N–H and O–H groups in total. The van der Waals surface area contributed by atoms with Gasteiger partial charge in [0.2, 0.25) is 0 Å². The molecule has 1 atom stereocenters. The second-order valence-electron chi connectivity index (χ2n) is 4.89. The van der Waals surface area contributed by atoms with Gasteiger partial charge in [-0.05, 0) is 37.1 Å². The molecule has 0 aliphatic heterocycles. The molecule has 0 heterocycles. The first-order chi connectivity index (χ1) is 9.93. The second kappa shape index (κ2) is 5.84. The van der Waals surface area contributed by atoms with E-state index < -0.39 is 23.3 Å². The Morgan fingerprint density at radius 3 is 2.38 bits per heavy atom. The monoisotopic (exact) mass is 285 g/mol. The van der Waals surface area contributed by atoms with Gasteiger partial charge < -0.3 is 0 Å². The number of halogens is 2. The molecule has 106 valence electrons. The fourth-order valence-electron chi connectivity index (χ4n) is 2.07. The molecule has 0 fully saturated rings. The zero-order valence-corrected chi connectivity index (χ0v) is 11.7. The van der Waals surface area contributed by atoms with Crippen LogP contribution in [0, 0.1) is 36.8 Å². The van der Waals surface area contributed by atoms with E-state index in [4.69, 9.17) is 0 Å². The molecule has 1 unspecified atom stereocenters. The molecular formula is C17H13F2NO. The van der Waals surface area contributed by atoms with Crippen molar-refractivity contribution in [3.8, 4) is 6.07 Å². The number of carbonyl (C=O) groups is 1. The lowest BCUT2D eigenvalue weighted by atomic mass is 9.90. The van der Waals surface area contributed by atoms with Gasteiger partial charge in [0.1, 0.15) is 17.6 Å². The third-order valence-electron chi connectivity index (χ3n) is 3.46. The Bertz CT molecular complexity index is 747. The molecule has 0 aromatic heterocycles. The summed E-state index contributed by atoms with van der Waals surface area (Å²) in [6, 6.07) is 9.70. The molecule has 0 saturated heterocycles. The van der Waals surface area contributed by atoms with E-state index in [1.54, 1.807) is 24.3 Å². The standard InChI is InChI=1S/C17H13F2NO/c1-10-3-4-12(7-11(10)2)17(21)15(9-20)14-6-5-13(18)8-16(14)19/h3-8,15H,1-2H3. The molecule has 4 heteroatoms. The van der Waals surface area contributed by atoms with Gasteiger partial charge >= 0.3 is 0 Å². The third-order valence-corrected chi connectivity index (χ3v) is 3.46. The lowest BCUT2D eigenvalue weighted by Gasteiger charge is -2.11. The predicted molar refractivity (Wildman–Crippen MR) is 75.0 cm³/mol. The van der Waals surface area contributed by atoms with Gasteiger partial charge in [-0.2, -0.15) is 5.26 Å². The number of carbonyl (C=O) groups excluding carboxylic acids is 1. The van der Waals surface area contributed by atoms with Crippen LogP contribution in [0.25, 0.3) is 0 Å². The molecule has 0 bridgehead atoms. The van der Waals surface area contributed by atoms with Gasteiger partial charge in [-0.25, -0.2) is 8.78 Å². The highest BCUT2D eigenvalue weighted by atomic mass is 19.1. The Morgan fingerprint density at radius 2 is 1.81 bits per heavy atom. The van der Waals surface area contributed by atoms with Crippen LogP contribution in [0.5, 0.6) is 0 Å². The van der Waals surface area contributed by atoms with Crippen molar-refractivity contribution in [1.82, 2.24) is 0 Å². The summed E-state index contributed by atoms with van der Waals surface area (Å²) >= 11 is 0. The molecule has 2 nitrogen and oxygen atoms in total. The van der Waals surface area contributed by atoms with Gasteiger partial charge in [-0.3, -0.25) is 4.79 Å². The molecule has 2 rings (SSSR count). The predicted octanol–water partition coefficient (Wildman–Crippen LogP) is 4.07. The van der Waals surface area contributed by atoms with Crippen molar-refractivity contribution in [2.75, 3.05) is 0 Å². The van der Waals surface area contributed by atoms with Gasteiger partial charge in [0.15, 0.2) is 5.78 Å². The fourth-order valence-corrected chi connectivity index (χ4v) is 2.07. The maximum atomic E-state index is 13.8. The van der Waals surface area contributed by atoms with Crippen LogP contribution in [-0.2, 0) is 0 Å². The number of aryl methyl sites for hydroxylation is 2. The molecule has 0 spiro atoms. The largest absolute Gasteiger partial charge is 0.292 e. The van der Waals surface area contributed by atoms with Crippen LogP contribution < -0.4 is 0 Å². The van der Waals surface area contributed by atoms with Crippen LogP contribution in [0.3, 0.4) is 0 Å². The topological polar surface area (TPSA) is 40.9 Å². The molecule has 2 aromatic carbocycles. The zero-order chi connectivity index (χ0) is 15.6. The van der Waals surface area contributed by atoms with Gasteiger partial charge in [-0.15, -0.1) is 0 Å². The number of hydrogen-bond acceptors (Lipinski definition) is 2. The Hall–Kier alpha value is -2.54. The van der Waals surface area contributed by atoms with Gasteiger partial charge in [0.05, 0.1) is 6.07 Å². The number of Topliss-reactive ketones (excluding diaryl/α,β-unsaturated/α-hetero) is 1. The average molecular weight is 285 g/mol. The number of ketones is 1. The third kappa shape index (κ3) is 2.97. The first-order valence-electron chi connectivity index (χ1n) is 6.40. The molecule has 0 amide bonds. The Balaban J connectivity index is 2.43. The highest BCUT2D eigenvalue weighted by Crippen LogP contribution is 2.24. The number of hydrogen-bond donors (Lipinski definition) is 0.